The average Bonchev–Trinajstić information content (AvgIpc) is 3.29. The summed E-state index contributed by atoms with van der Waals surface area (Å²) in [5.74, 6) is 0.834. The van der Waals surface area contributed by atoms with E-state index in [9.17, 15) is 0 Å². The van der Waals surface area contributed by atoms with Gasteiger partial charge in [-0.05, 0) is 0 Å². The minimum atomic E-state index is -4.67. The van der Waals surface area contributed by atoms with Crippen molar-refractivity contribution in [1.82, 2.24) is 0 Å². The van der Waals surface area contributed by atoms with Crippen LogP contribution in [0.1, 0.15) is 36.4 Å². The van der Waals surface area contributed by atoms with Crippen LogP contribution in [0.2, 0.25) is 19.6 Å². The number of halogens is 2. The third-order valence-electron chi connectivity index (χ3n) is 6.10. The standard InChI is InChI=1S/C13H17O2Si.C9H7.C2H4.2ClH.Zr/c1-16(2,3)15-10-14-13-8-11-6-4-5-7-12(11)9-13;1-2-5-9-7-3-6-8(9)4-1;1-2;;;/h4-9H,10H2,1-3H3;1-7H;1H,2H3;2*1H;/q;;;;;+2/p-2. The molecule has 0 saturated carbocycles. The summed E-state index contributed by atoms with van der Waals surface area (Å²) in [5.41, 5.74) is 4.70. The van der Waals surface area contributed by atoms with E-state index in [2.05, 4.69) is 84.0 Å². The van der Waals surface area contributed by atoms with Crippen LogP contribution < -0.4 is 0 Å². The molecule has 0 saturated heterocycles. The molecule has 6 heteroatoms. The summed E-state index contributed by atoms with van der Waals surface area (Å²) in [4.78, 5) is 0. The van der Waals surface area contributed by atoms with E-state index in [0.29, 0.717) is 0 Å². The Morgan fingerprint density at radius 2 is 1.60 bits per heavy atom. The molecule has 0 bridgehead atoms. The zero-order valence-corrected chi connectivity index (χ0v) is 22.8. The number of ether oxygens (including phenoxy) is 1. The average molecular weight is 539 g/mol. The Balaban J connectivity index is 1.80. The zero-order valence-electron chi connectivity index (χ0n) is 17.9. The molecule has 2 atom stereocenters. The normalized spacial score (nSPS) is 20.6. The second kappa shape index (κ2) is 7.98. The molecule has 0 aliphatic heterocycles. The van der Waals surface area contributed by atoms with Gasteiger partial charge in [-0.25, -0.2) is 0 Å². The van der Waals surface area contributed by atoms with E-state index >= 15 is 0 Å². The van der Waals surface area contributed by atoms with Crippen molar-refractivity contribution < 1.29 is 25.1 Å². The molecular weight excluding hydrogens is 510 g/mol. The molecular formula is C24H28Cl2O2SiZr. The van der Waals surface area contributed by atoms with Crippen molar-refractivity contribution in [2.24, 2.45) is 0 Å². The fourth-order valence-electron chi connectivity index (χ4n) is 4.52. The van der Waals surface area contributed by atoms with Gasteiger partial charge < -0.3 is 0 Å². The predicted octanol–water partition coefficient (Wildman–Crippen LogP) is 7.50. The number of hydrogen-bond acceptors (Lipinski definition) is 2. The van der Waals surface area contributed by atoms with Crippen LogP contribution >= 0.6 is 17.0 Å². The Hall–Kier alpha value is -0.770. The van der Waals surface area contributed by atoms with Crippen molar-refractivity contribution >= 4 is 41.2 Å². The van der Waals surface area contributed by atoms with Crippen molar-refractivity contribution in [2.45, 2.75) is 33.8 Å². The van der Waals surface area contributed by atoms with Crippen molar-refractivity contribution in [1.29, 1.82) is 0 Å². The van der Waals surface area contributed by atoms with E-state index in [-0.39, 0.29) is 14.0 Å². The van der Waals surface area contributed by atoms with Gasteiger partial charge in [-0.1, -0.05) is 0 Å². The van der Waals surface area contributed by atoms with Gasteiger partial charge in [0.2, 0.25) is 0 Å². The van der Waals surface area contributed by atoms with E-state index in [1.165, 1.54) is 11.1 Å². The predicted molar refractivity (Wildman–Crippen MR) is 129 cm³/mol. The van der Waals surface area contributed by atoms with E-state index < -0.39 is 24.2 Å². The van der Waals surface area contributed by atoms with Crippen molar-refractivity contribution in [3.8, 4) is 0 Å². The zero-order chi connectivity index (χ0) is 21.6. The van der Waals surface area contributed by atoms with Gasteiger partial charge in [0, 0.05) is 0 Å². The maximum absolute atomic E-state index is 7.73. The van der Waals surface area contributed by atoms with E-state index in [1.54, 1.807) is 0 Å². The van der Waals surface area contributed by atoms with Crippen LogP contribution in [-0.4, -0.2) is 18.8 Å². The van der Waals surface area contributed by atoms with Gasteiger partial charge in [0.1, 0.15) is 0 Å². The van der Waals surface area contributed by atoms with E-state index in [4.69, 9.17) is 26.2 Å². The Bertz CT molecular complexity index is 1110. The molecule has 158 valence electrons. The fourth-order valence-corrected chi connectivity index (χ4v) is 19.5. The Labute approximate surface area is 188 Å². The van der Waals surface area contributed by atoms with Crippen molar-refractivity contribution in [2.75, 3.05) is 6.79 Å². The van der Waals surface area contributed by atoms with Crippen molar-refractivity contribution in [3.05, 3.63) is 82.6 Å². The summed E-state index contributed by atoms with van der Waals surface area (Å²) in [5, 5.41) is 0. The first-order chi connectivity index (χ1) is 14.1. The number of allylic oxidation sites excluding steroid dienone is 2. The fraction of sp³-hybridized carbons (Fsp3) is 0.292. The summed E-state index contributed by atoms with van der Waals surface area (Å²) in [6.45, 7) is 8.71. The molecule has 4 rings (SSSR count). The molecule has 2 nitrogen and oxygen atoms in total. The number of benzene rings is 2. The maximum atomic E-state index is 7.73. The monoisotopic (exact) mass is 536 g/mol. The molecule has 0 aromatic heterocycles. The van der Waals surface area contributed by atoms with Crippen LogP contribution in [0, 0.1) is 0 Å². The number of fused-ring (bicyclic) bond motifs is 2. The summed E-state index contributed by atoms with van der Waals surface area (Å²) >= 11 is -4.67. The van der Waals surface area contributed by atoms with Gasteiger partial charge in [0.25, 0.3) is 0 Å². The van der Waals surface area contributed by atoms with E-state index in [0.717, 1.165) is 16.9 Å². The number of hydrogen-bond donors (Lipinski definition) is 0. The van der Waals surface area contributed by atoms with Gasteiger partial charge in [0.15, 0.2) is 0 Å². The van der Waals surface area contributed by atoms with Gasteiger partial charge >= 0.3 is 190 Å². The van der Waals surface area contributed by atoms with Crippen LogP contribution in [0.25, 0.3) is 12.2 Å². The Morgan fingerprint density at radius 1 is 0.967 bits per heavy atom. The second-order valence-corrected chi connectivity index (χ2v) is 35.1. The van der Waals surface area contributed by atoms with Gasteiger partial charge in [0.05, 0.1) is 0 Å². The van der Waals surface area contributed by atoms with Gasteiger partial charge in [-0.15, -0.1) is 0 Å². The first-order valence-corrected chi connectivity index (χ1v) is 24.4. The molecule has 0 fully saturated rings. The summed E-state index contributed by atoms with van der Waals surface area (Å²) in [6, 6.07) is 16.7. The topological polar surface area (TPSA) is 18.5 Å². The van der Waals surface area contributed by atoms with Crippen LogP contribution in [0.15, 0.2) is 60.4 Å². The molecule has 0 spiro atoms. The first kappa shape index (κ1) is 22.4. The first-order valence-electron chi connectivity index (χ1n) is 10.4. The van der Waals surface area contributed by atoms with E-state index in [1.807, 2.05) is 13.0 Å². The molecule has 2 aromatic carbocycles. The molecule has 30 heavy (non-hydrogen) atoms. The molecule has 2 aliphatic carbocycles. The quantitative estimate of drug-likeness (QED) is 0.280. The third-order valence-corrected chi connectivity index (χ3v) is 26.1. The van der Waals surface area contributed by atoms with Crippen LogP contribution in [0.4, 0.5) is 0 Å². The number of rotatable bonds is 6. The van der Waals surface area contributed by atoms with Crippen LogP contribution in [-0.2, 0) is 25.1 Å². The summed E-state index contributed by atoms with van der Waals surface area (Å²) in [6.07, 6.45) is 6.45. The SMILES string of the molecule is C[CH]=[Zr]([Cl])([Cl])([CH]1C=Cc2ccccc21)[CH]1C(OCO[Si](C)(C)C)=Cc2ccccc21. The third kappa shape index (κ3) is 3.91. The van der Waals surface area contributed by atoms with Crippen LogP contribution in [0.3, 0.4) is 0 Å². The Kier molecular flexibility index (Phi) is 5.96. The molecule has 2 aliphatic rings. The molecule has 0 radical (unpaired) electrons. The molecule has 2 unspecified atom stereocenters. The molecule has 0 heterocycles. The summed E-state index contributed by atoms with van der Waals surface area (Å²) in [7, 11) is 13.8. The van der Waals surface area contributed by atoms with Crippen LogP contribution in [0.5, 0.6) is 0 Å². The molecule has 2 aromatic rings. The minimum absolute atomic E-state index is 0.00274. The molecule has 0 amide bonds. The van der Waals surface area contributed by atoms with Gasteiger partial charge in [-0.3, -0.25) is 0 Å². The Morgan fingerprint density at radius 3 is 2.27 bits per heavy atom. The second-order valence-electron chi connectivity index (χ2n) is 9.11. The van der Waals surface area contributed by atoms with Gasteiger partial charge in [-0.2, -0.15) is 0 Å². The summed E-state index contributed by atoms with van der Waals surface area (Å²) < 4.78 is 14.2. The molecule has 0 N–H and O–H groups in total. The van der Waals surface area contributed by atoms with Crippen molar-refractivity contribution in [3.63, 3.8) is 0 Å².